The summed E-state index contributed by atoms with van der Waals surface area (Å²) in [6.45, 7) is 1.86. The number of aryl methyl sites for hydroxylation is 1. The monoisotopic (exact) mass is 195 g/mol. The summed E-state index contributed by atoms with van der Waals surface area (Å²) in [5, 5.41) is 18.1. The average molecular weight is 195 g/mol. The van der Waals surface area contributed by atoms with Crippen LogP contribution in [0.25, 0.3) is 0 Å². The van der Waals surface area contributed by atoms with Gasteiger partial charge in [-0.1, -0.05) is 0 Å². The lowest BCUT2D eigenvalue weighted by Gasteiger charge is -2.11. The van der Waals surface area contributed by atoms with E-state index in [9.17, 15) is 9.90 Å². The second-order valence-electron chi connectivity index (χ2n) is 3.18. The molecule has 76 valence electrons. The number of carboxylic acid groups (broad SMARTS) is 1. The molecule has 1 unspecified atom stereocenters. The summed E-state index contributed by atoms with van der Waals surface area (Å²) in [4.78, 5) is 14.2. The van der Waals surface area contributed by atoms with Crippen LogP contribution in [0.15, 0.2) is 18.5 Å². The van der Waals surface area contributed by atoms with Gasteiger partial charge in [-0.05, 0) is 25.0 Å². The summed E-state index contributed by atoms with van der Waals surface area (Å²) in [6.07, 6.45) is 2.67. The molecule has 0 aliphatic carbocycles. The number of aliphatic hydroxyl groups excluding tert-OH is 1. The summed E-state index contributed by atoms with van der Waals surface area (Å²) in [7, 11) is 0. The van der Waals surface area contributed by atoms with E-state index in [4.69, 9.17) is 5.11 Å². The zero-order valence-corrected chi connectivity index (χ0v) is 7.97. The fraction of sp³-hybridized carbons (Fsp3) is 0.400. The van der Waals surface area contributed by atoms with Gasteiger partial charge in [-0.15, -0.1) is 0 Å². The largest absolute Gasteiger partial charge is 0.481 e. The number of rotatable bonds is 4. The van der Waals surface area contributed by atoms with Crippen LogP contribution in [-0.2, 0) is 4.79 Å². The van der Waals surface area contributed by atoms with Crippen molar-refractivity contribution in [2.24, 2.45) is 0 Å². The van der Waals surface area contributed by atoms with E-state index in [1.807, 2.05) is 6.92 Å². The highest BCUT2D eigenvalue weighted by atomic mass is 16.4. The van der Waals surface area contributed by atoms with Crippen molar-refractivity contribution < 1.29 is 15.0 Å². The van der Waals surface area contributed by atoms with Crippen LogP contribution in [0.5, 0.6) is 0 Å². The molecular formula is C10H13NO3. The van der Waals surface area contributed by atoms with Crippen LogP contribution in [-0.4, -0.2) is 21.2 Å². The maximum atomic E-state index is 10.3. The second kappa shape index (κ2) is 4.72. The van der Waals surface area contributed by atoms with Crippen molar-refractivity contribution in [1.29, 1.82) is 0 Å². The predicted octanol–water partition coefficient (Wildman–Crippen LogP) is 1.29. The van der Waals surface area contributed by atoms with Gasteiger partial charge in [0.2, 0.25) is 0 Å². The van der Waals surface area contributed by atoms with Crippen LogP contribution in [0.4, 0.5) is 0 Å². The zero-order chi connectivity index (χ0) is 10.6. The Labute approximate surface area is 82.2 Å². The van der Waals surface area contributed by atoms with E-state index in [-0.39, 0.29) is 12.8 Å². The minimum absolute atomic E-state index is 0.0322. The first-order chi connectivity index (χ1) is 6.61. The molecule has 4 heteroatoms. The van der Waals surface area contributed by atoms with Crippen molar-refractivity contribution >= 4 is 5.97 Å². The standard InChI is InChI=1S/C10H13NO3/c1-7-4-5-11-6-8(7)9(12)2-3-10(13)14/h4-6,9,12H,2-3H2,1H3,(H,13,14). The SMILES string of the molecule is Cc1ccncc1C(O)CCC(=O)O. The molecule has 1 atom stereocenters. The van der Waals surface area contributed by atoms with E-state index in [2.05, 4.69) is 4.98 Å². The van der Waals surface area contributed by atoms with Gasteiger partial charge in [0.05, 0.1) is 6.10 Å². The Morgan fingerprint density at radius 1 is 1.64 bits per heavy atom. The summed E-state index contributed by atoms with van der Waals surface area (Å²) < 4.78 is 0. The molecule has 1 heterocycles. The van der Waals surface area contributed by atoms with Gasteiger partial charge in [0.25, 0.3) is 0 Å². The number of nitrogens with zero attached hydrogens (tertiary/aromatic N) is 1. The van der Waals surface area contributed by atoms with E-state index < -0.39 is 12.1 Å². The summed E-state index contributed by atoms with van der Waals surface area (Å²) in [5.74, 6) is -0.898. The Bertz CT molecular complexity index is 325. The molecule has 0 amide bonds. The quantitative estimate of drug-likeness (QED) is 0.759. The first-order valence-corrected chi connectivity index (χ1v) is 4.41. The molecular weight excluding hydrogens is 182 g/mol. The lowest BCUT2D eigenvalue weighted by molar-refractivity contribution is -0.137. The van der Waals surface area contributed by atoms with E-state index in [1.54, 1.807) is 18.5 Å². The van der Waals surface area contributed by atoms with Crippen LogP contribution in [0.3, 0.4) is 0 Å². The highest BCUT2D eigenvalue weighted by Gasteiger charge is 2.11. The first-order valence-electron chi connectivity index (χ1n) is 4.41. The Morgan fingerprint density at radius 3 is 2.93 bits per heavy atom. The fourth-order valence-electron chi connectivity index (χ4n) is 1.24. The van der Waals surface area contributed by atoms with E-state index >= 15 is 0 Å². The molecule has 0 aliphatic heterocycles. The van der Waals surface area contributed by atoms with Crippen molar-refractivity contribution in [1.82, 2.24) is 4.98 Å². The maximum absolute atomic E-state index is 10.3. The molecule has 4 nitrogen and oxygen atoms in total. The topological polar surface area (TPSA) is 70.4 Å². The molecule has 0 radical (unpaired) electrons. The number of aromatic nitrogens is 1. The van der Waals surface area contributed by atoms with Crippen LogP contribution in [0, 0.1) is 6.92 Å². The van der Waals surface area contributed by atoms with Crippen molar-refractivity contribution in [2.45, 2.75) is 25.9 Å². The molecule has 0 aromatic carbocycles. The molecule has 0 saturated carbocycles. The van der Waals surface area contributed by atoms with Gasteiger partial charge in [-0.3, -0.25) is 9.78 Å². The summed E-state index contributed by atoms with van der Waals surface area (Å²) >= 11 is 0. The fourth-order valence-corrected chi connectivity index (χ4v) is 1.24. The molecule has 0 fully saturated rings. The van der Waals surface area contributed by atoms with Gasteiger partial charge >= 0.3 is 5.97 Å². The number of carbonyl (C=O) groups is 1. The van der Waals surface area contributed by atoms with Gasteiger partial charge in [-0.2, -0.15) is 0 Å². The normalized spacial score (nSPS) is 12.4. The highest BCUT2D eigenvalue weighted by molar-refractivity contribution is 5.66. The number of carboxylic acids is 1. The van der Waals surface area contributed by atoms with Crippen LogP contribution < -0.4 is 0 Å². The number of pyridine rings is 1. The number of hydrogen-bond donors (Lipinski definition) is 2. The second-order valence-corrected chi connectivity index (χ2v) is 3.18. The Kier molecular flexibility index (Phi) is 3.59. The molecule has 0 aliphatic rings. The van der Waals surface area contributed by atoms with Crippen molar-refractivity contribution in [3.63, 3.8) is 0 Å². The van der Waals surface area contributed by atoms with Gasteiger partial charge < -0.3 is 10.2 Å². The Balaban J connectivity index is 2.65. The maximum Gasteiger partial charge on any atom is 0.303 e. The van der Waals surface area contributed by atoms with Crippen LogP contribution in [0.2, 0.25) is 0 Å². The highest BCUT2D eigenvalue weighted by Crippen LogP contribution is 2.20. The summed E-state index contributed by atoms with van der Waals surface area (Å²) in [6, 6.07) is 1.79. The lowest BCUT2D eigenvalue weighted by Crippen LogP contribution is -2.04. The van der Waals surface area contributed by atoms with Gasteiger partial charge in [0.15, 0.2) is 0 Å². The van der Waals surface area contributed by atoms with Crippen LogP contribution >= 0.6 is 0 Å². The number of hydrogen-bond acceptors (Lipinski definition) is 3. The minimum atomic E-state index is -0.898. The number of aliphatic hydroxyl groups is 1. The van der Waals surface area contributed by atoms with Crippen LogP contribution in [0.1, 0.15) is 30.1 Å². The van der Waals surface area contributed by atoms with Gasteiger partial charge in [0, 0.05) is 24.4 Å². The Morgan fingerprint density at radius 2 is 2.36 bits per heavy atom. The molecule has 1 aromatic rings. The van der Waals surface area contributed by atoms with Crippen molar-refractivity contribution in [3.8, 4) is 0 Å². The van der Waals surface area contributed by atoms with Crippen molar-refractivity contribution in [2.75, 3.05) is 0 Å². The Hall–Kier alpha value is -1.42. The smallest absolute Gasteiger partial charge is 0.303 e. The lowest BCUT2D eigenvalue weighted by atomic mass is 10.0. The molecule has 0 bridgehead atoms. The molecule has 0 spiro atoms. The molecule has 1 rings (SSSR count). The third-order valence-corrected chi connectivity index (χ3v) is 2.07. The predicted molar refractivity (Wildman–Crippen MR) is 50.8 cm³/mol. The zero-order valence-electron chi connectivity index (χ0n) is 7.97. The molecule has 1 aromatic heterocycles. The molecule has 2 N–H and O–H groups in total. The summed E-state index contributed by atoms with van der Waals surface area (Å²) in [5.41, 5.74) is 1.63. The third-order valence-electron chi connectivity index (χ3n) is 2.07. The third kappa shape index (κ3) is 2.81. The van der Waals surface area contributed by atoms with E-state index in [0.29, 0.717) is 5.56 Å². The van der Waals surface area contributed by atoms with Gasteiger partial charge in [-0.25, -0.2) is 0 Å². The minimum Gasteiger partial charge on any atom is -0.481 e. The molecule has 14 heavy (non-hydrogen) atoms. The average Bonchev–Trinajstić information content (AvgIpc) is 2.15. The van der Waals surface area contributed by atoms with Gasteiger partial charge in [0.1, 0.15) is 0 Å². The molecule has 0 saturated heterocycles. The van der Waals surface area contributed by atoms with E-state index in [1.165, 1.54) is 0 Å². The number of aliphatic carboxylic acids is 1. The first kappa shape index (κ1) is 10.7. The van der Waals surface area contributed by atoms with E-state index in [0.717, 1.165) is 5.56 Å². The van der Waals surface area contributed by atoms with Crippen molar-refractivity contribution in [3.05, 3.63) is 29.6 Å².